The van der Waals surface area contributed by atoms with Gasteiger partial charge < -0.3 is 5.32 Å². The Morgan fingerprint density at radius 2 is 2.11 bits per heavy atom. The molecule has 3 rings (SSSR count). The maximum atomic E-state index is 11.4. The molecule has 1 atom stereocenters. The Hall–Kier alpha value is -1.17. The summed E-state index contributed by atoms with van der Waals surface area (Å²) < 4.78 is 22.9. The van der Waals surface area contributed by atoms with Crippen LogP contribution in [0.25, 0.3) is 0 Å². The maximum Gasteiger partial charge on any atom is 0.150 e. The minimum atomic E-state index is -2.79. The van der Waals surface area contributed by atoms with Crippen LogP contribution >= 0.6 is 0 Å². The number of nitrogens with one attached hydrogen (secondary N) is 1. The minimum absolute atomic E-state index is 0.221. The molecular formula is C13H19N3O2S. The fourth-order valence-electron chi connectivity index (χ4n) is 2.95. The number of sulfone groups is 1. The zero-order valence-electron chi connectivity index (χ0n) is 10.9. The highest BCUT2D eigenvalue weighted by Gasteiger charge is 2.28. The Kier molecular flexibility index (Phi) is 3.43. The van der Waals surface area contributed by atoms with Crippen molar-refractivity contribution in [2.45, 2.75) is 32.1 Å². The van der Waals surface area contributed by atoms with E-state index in [1.54, 1.807) is 6.33 Å². The lowest BCUT2D eigenvalue weighted by molar-refractivity contribution is 0.595. The second-order valence-corrected chi connectivity index (χ2v) is 7.73. The van der Waals surface area contributed by atoms with Crippen LogP contribution in [0.15, 0.2) is 6.33 Å². The van der Waals surface area contributed by atoms with Crippen LogP contribution in [-0.4, -0.2) is 36.4 Å². The zero-order valence-corrected chi connectivity index (χ0v) is 11.7. The fourth-order valence-corrected chi connectivity index (χ4v) is 4.81. The van der Waals surface area contributed by atoms with Gasteiger partial charge in [-0.1, -0.05) is 0 Å². The molecule has 0 aromatic carbocycles. The molecule has 0 spiro atoms. The Balaban J connectivity index is 1.67. The number of aromatic nitrogens is 2. The smallest absolute Gasteiger partial charge is 0.150 e. The van der Waals surface area contributed by atoms with E-state index in [1.807, 2.05) is 0 Å². The van der Waals surface area contributed by atoms with Crippen molar-refractivity contribution in [1.29, 1.82) is 0 Å². The van der Waals surface area contributed by atoms with Crippen molar-refractivity contribution in [3.63, 3.8) is 0 Å². The number of hydrogen-bond donors (Lipinski definition) is 1. The van der Waals surface area contributed by atoms with Gasteiger partial charge in [0.05, 0.1) is 11.5 Å². The topological polar surface area (TPSA) is 72.0 Å². The average molecular weight is 281 g/mol. The first-order valence-corrected chi connectivity index (χ1v) is 8.73. The molecule has 0 saturated carbocycles. The first-order valence-electron chi connectivity index (χ1n) is 6.91. The van der Waals surface area contributed by atoms with Crippen LogP contribution in [0.5, 0.6) is 0 Å². The van der Waals surface area contributed by atoms with E-state index < -0.39 is 9.84 Å². The SMILES string of the molecule is O=S1(=O)CCC(CNc2ncnc3c2CCCC3)C1. The lowest BCUT2D eigenvalue weighted by atomic mass is 9.96. The molecule has 1 aliphatic heterocycles. The summed E-state index contributed by atoms with van der Waals surface area (Å²) in [6, 6.07) is 0. The molecular weight excluding hydrogens is 262 g/mol. The third-order valence-corrected chi connectivity index (χ3v) is 5.85. The van der Waals surface area contributed by atoms with E-state index in [1.165, 1.54) is 18.4 Å². The van der Waals surface area contributed by atoms with Crippen molar-refractivity contribution in [2.75, 3.05) is 23.4 Å². The van der Waals surface area contributed by atoms with Gasteiger partial charge >= 0.3 is 0 Å². The van der Waals surface area contributed by atoms with Crippen LogP contribution in [0.3, 0.4) is 0 Å². The molecule has 1 aromatic heterocycles. The second kappa shape index (κ2) is 5.07. The van der Waals surface area contributed by atoms with E-state index in [4.69, 9.17) is 0 Å². The number of rotatable bonds is 3. The molecule has 19 heavy (non-hydrogen) atoms. The number of anilines is 1. The summed E-state index contributed by atoms with van der Waals surface area (Å²) in [4.78, 5) is 8.65. The Morgan fingerprint density at radius 1 is 1.26 bits per heavy atom. The van der Waals surface area contributed by atoms with E-state index in [9.17, 15) is 8.42 Å². The van der Waals surface area contributed by atoms with Crippen molar-refractivity contribution >= 4 is 15.7 Å². The van der Waals surface area contributed by atoms with E-state index in [0.717, 1.165) is 30.8 Å². The molecule has 1 aliphatic carbocycles. The van der Waals surface area contributed by atoms with Gasteiger partial charge in [0.2, 0.25) is 0 Å². The second-order valence-electron chi connectivity index (χ2n) is 5.50. The summed E-state index contributed by atoms with van der Waals surface area (Å²) in [6.07, 6.45) is 6.82. The lowest BCUT2D eigenvalue weighted by Gasteiger charge is -2.19. The fraction of sp³-hybridized carbons (Fsp3) is 0.692. The van der Waals surface area contributed by atoms with Crippen LogP contribution in [0.4, 0.5) is 5.82 Å². The molecule has 1 aromatic rings. The molecule has 1 saturated heterocycles. The number of hydrogen-bond acceptors (Lipinski definition) is 5. The molecule has 104 valence electrons. The van der Waals surface area contributed by atoms with Gasteiger partial charge in [-0.3, -0.25) is 0 Å². The Labute approximate surface area is 113 Å². The van der Waals surface area contributed by atoms with Crippen LogP contribution < -0.4 is 5.32 Å². The normalized spacial score (nSPS) is 24.9. The monoisotopic (exact) mass is 281 g/mol. The van der Waals surface area contributed by atoms with Crippen LogP contribution in [-0.2, 0) is 22.7 Å². The summed E-state index contributed by atoms with van der Waals surface area (Å²) >= 11 is 0. The Bertz CT molecular complexity index is 571. The van der Waals surface area contributed by atoms with Gasteiger partial charge in [0.1, 0.15) is 12.1 Å². The molecule has 6 heteroatoms. The summed E-state index contributed by atoms with van der Waals surface area (Å²) in [6.45, 7) is 0.697. The molecule has 1 unspecified atom stereocenters. The van der Waals surface area contributed by atoms with Crippen molar-refractivity contribution in [1.82, 2.24) is 9.97 Å². The van der Waals surface area contributed by atoms with E-state index in [0.29, 0.717) is 18.1 Å². The highest BCUT2D eigenvalue weighted by Crippen LogP contribution is 2.25. The van der Waals surface area contributed by atoms with E-state index >= 15 is 0 Å². The van der Waals surface area contributed by atoms with E-state index in [-0.39, 0.29) is 5.92 Å². The quantitative estimate of drug-likeness (QED) is 0.901. The highest BCUT2D eigenvalue weighted by molar-refractivity contribution is 7.91. The molecule has 0 bridgehead atoms. The third-order valence-electron chi connectivity index (χ3n) is 4.01. The summed E-state index contributed by atoms with van der Waals surface area (Å²) in [5, 5.41) is 3.34. The summed E-state index contributed by atoms with van der Waals surface area (Å²) in [7, 11) is -2.79. The largest absolute Gasteiger partial charge is 0.369 e. The van der Waals surface area contributed by atoms with Gasteiger partial charge in [-0.25, -0.2) is 18.4 Å². The molecule has 1 N–H and O–H groups in total. The van der Waals surface area contributed by atoms with Gasteiger partial charge in [0, 0.05) is 17.8 Å². The molecule has 2 heterocycles. The predicted molar refractivity (Wildman–Crippen MR) is 73.9 cm³/mol. The zero-order chi connectivity index (χ0) is 13.3. The van der Waals surface area contributed by atoms with Gasteiger partial charge in [0.25, 0.3) is 0 Å². The van der Waals surface area contributed by atoms with Crippen molar-refractivity contribution < 1.29 is 8.42 Å². The predicted octanol–water partition coefficient (Wildman–Crippen LogP) is 1.20. The van der Waals surface area contributed by atoms with Gasteiger partial charge in [-0.2, -0.15) is 0 Å². The average Bonchev–Trinajstić information content (AvgIpc) is 2.76. The highest BCUT2D eigenvalue weighted by atomic mass is 32.2. The van der Waals surface area contributed by atoms with Gasteiger partial charge in [-0.05, 0) is 38.0 Å². The molecule has 1 fully saturated rings. The van der Waals surface area contributed by atoms with Crippen LogP contribution in [0, 0.1) is 5.92 Å². The minimum Gasteiger partial charge on any atom is -0.369 e. The Morgan fingerprint density at radius 3 is 2.89 bits per heavy atom. The third kappa shape index (κ3) is 2.88. The van der Waals surface area contributed by atoms with Gasteiger partial charge in [-0.15, -0.1) is 0 Å². The molecule has 0 radical (unpaired) electrons. The maximum absolute atomic E-state index is 11.4. The van der Waals surface area contributed by atoms with Crippen molar-refractivity contribution in [3.05, 3.63) is 17.6 Å². The van der Waals surface area contributed by atoms with E-state index in [2.05, 4.69) is 15.3 Å². The first kappa shape index (κ1) is 12.8. The lowest BCUT2D eigenvalue weighted by Crippen LogP contribution is -2.19. The summed E-state index contributed by atoms with van der Waals surface area (Å²) in [5.74, 6) is 1.78. The van der Waals surface area contributed by atoms with Crippen molar-refractivity contribution in [2.24, 2.45) is 5.92 Å². The van der Waals surface area contributed by atoms with Crippen LogP contribution in [0.2, 0.25) is 0 Å². The number of fused-ring (bicyclic) bond motifs is 1. The molecule has 2 aliphatic rings. The van der Waals surface area contributed by atoms with Crippen LogP contribution in [0.1, 0.15) is 30.5 Å². The first-order chi connectivity index (χ1) is 9.14. The van der Waals surface area contributed by atoms with Crippen molar-refractivity contribution in [3.8, 4) is 0 Å². The molecule has 5 nitrogen and oxygen atoms in total. The summed E-state index contributed by atoms with van der Waals surface area (Å²) in [5.41, 5.74) is 2.39. The molecule has 0 amide bonds. The number of aryl methyl sites for hydroxylation is 1. The van der Waals surface area contributed by atoms with Gasteiger partial charge in [0.15, 0.2) is 9.84 Å². The number of nitrogens with zero attached hydrogens (tertiary/aromatic N) is 2. The standard InChI is InChI=1S/C13H19N3O2S/c17-19(18)6-5-10(8-19)7-14-13-11-3-1-2-4-12(11)15-9-16-13/h9-10H,1-8H2,(H,14,15,16).